The number of ether oxygens (including phenoxy) is 1. The van der Waals surface area contributed by atoms with Crippen LogP contribution >= 0.6 is 11.3 Å². The molecular formula is C20H20N4O4S. The lowest BCUT2D eigenvalue weighted by molar-refractivity contribution is -0.118. The maximum Gasteiger partial charge on any atom is 0.343 e. The largest absolute Gasteiger partial charge is 0.438 e. The van der Waals surface area contributed by atoms with Gasteiger partial charge in [-0.05, 0) is 37.0 Å². The molecule has 1 N–H and O–H groups in total. The Morgan fingerprint density at radius 1 is 1.28 bits per heavy atom. The second kappa shape index (κ2) is 7.75. The lowest BCUT2D eigenvalue weighted by Gasteiger charge is -2.10. The zero-order valence-electron chi connectivity index (χ0n) is 16.1. The second-order valence-corrected chi connectivity index (χ2v) is 8.28. The molecule has 0 saturated heterocycles. The first kappa shape index (κ1) is 19.3. The fourth-order valence-electron chi connectivity index (χ4n) is 3.26. The number of fused-ring (bicyclic) bond motifs is 2. The summed E-state index contributed by atoms with van der Waals surface area (Å²) < 4.78 is 6.40. The Labute approximate surface area is 170 Å². The van der Waals surface area contributed by atoms with Crippen LogP contribution in [0.2, 0.25) is 0 Å². The molecule has 1 aliphatic carbocycles. The van der Waals surface area contributed by atoms with E-state index in [-0.39, 0.29) is 24.1 Å². The molecule has 3 aromatic rings. The van der Waals surface area contributed by atoms with E-state index in [1.807, 2.05) is 0 Å². The third kappa shape index (κ3) is 3.65. The zero-order valence-corrected chi connectivity index (χ0v) is 16.9. The van der Waals surface area contributed by atoms with Gasteiger partial charge in [-0.2, -0.15) is 4.68 Å². The fraction of sp³-hybridized carbons (Fsp3) is 0.350. The number of hydrogen-bond donors (Lipinski definition) is 1. The molecule has 0 atom stereocenters. The number of esters is 1. The van der Waals surface area contributed by atoms with Gasteiger partial charge >= 0.3 is 5.97 Å². The van der Waals surface area contributed by atoms with Crippen LogP contribution in [0.3, 0.4) is 0 Å². The summed E-state index contributed by atoms with van der Waals surface area (Å²) in [5.41, 5.74) is 1.41. The highest BCUT2D eigenvalue weighted by molar-refractivity contribution is 7.17. The van der Waals surface area contributed by atoms with Crippen LogP contribution in [0.25, 0.3) is 10.9 Å². The predicted octanol–water partition coefficient (Wildman–Crippen LogP) is 2.75. The van der Waals surface area contributed by atoms with Crippen molar-refractivity contribution < 1.29 is 14.3 Å². The Balaban J connectivity index is 1.58. The Kier molecular flexibility index (Phi) is 5.14. The van der Waals surface area contributed by atoms with E-state index in [0.29, 0.717) is 21.5 Å². The molecule has 4 rings (SSSR count). The molecule has 1 amide bonds. The van der Waals surface area contributed by atoms with Crippen molar-refractivity contribution in [3.05, 3.63) is 50.6 Å². The predicted molar refractivity (Wildman–Crippen MR) is 109 cm³/mol. The summed E-state index contributed by atoms with van der Waals surface area (Å²) in [5.74, 6) is -0.942. The zero-order chi connectivity index (χ0) is 20.5. The molecule has 0 unspecified atom stereocenters. The number of amides is 1. The number of nitrogens with zero attached hydrogens (tertiary/aromatic N) is 3. The van der Waals surface area contributed by atoms with E-state index in [9.17, 15) is 14.4 Å². The van der Waals surface area contributed by atoms with Crippen molar-refractivity contribution in [1.82, 2.24) is 15.0 Å². The molecule has 0 spiro atoms. The minimum atomic E-state index is -0.578. The minimum absolute atomic E-state index is 0.157. The van der Waals surface area contributed by atoms with Crippen molar-refractivity contribution in [3.63, 3.8) is 0 Å². The summed E-state index contributed by atoms with van der Waals surface area (Å²) in [6, 6.07) is 6.85. The maximum absolute atomic E-state index is 12.9. The van der Waals surface area contributed by atoms with Gasteiger partial charge in [0.1, 0.15) is 10.5 Å². The molecule has 0 radical (unpaired) electrons. The minimum Gasteiger partial charge on any atom is -0.438 e. The lowest BCUT2D eigenvalue weighted by atomic mass is 10.1. The highest BCUT2D eigenvalue weighted by Gasteiger charge is 2.29. The van der Waals surface area contributed by atoms with Gasteiger partial charge in [-0.25, -0.2) is 4.79 Å². The van der Waals surface area contributed by atoms with Crippen LogP contribution in [0.1, 0.15) is 41.1 Å². The molecule has 0 aliphatic heterocycles. The highest BCUT2D eigenvalue weighted by atomic mass is 32.1. The van der Waals surface area contributed by atoms with Crippen LogP contribution in [-0.2, 0) is 29.1 Å². The van der Waals surface area contributed by atoms with Crippen LogP contribution in [0, 0.1) is 5.92 Å². The van der Waals surface area contributed by atoms with Gasteiger partial charge in [0.25, 0.3) is 5.56 Å². The lowest BCUT2D eigenvalue weighted by Crippen LogP contribution is -2.27. The smallest absolute Gasteiger partial charge is 0.343 e. The summed E-state index contributed by atoms with van der Waals surface area (Å²) in [7, 11) is 0. The van der Waals surface area contributed by atoms with Gasteiger partial charge in [0.2, 0.25) is 5.91 Å². The highest BCUT2D eigenvalue weighted by Crippen LogP contribution is 2.39. The van der Waals surface area contributed by atoms with Crippen LogP contribution in [0.4, 0.5) is 5.00 Å². The van der Waals surface area contributed by atoms with Gasteiger partial charge < -0.3 is 10.1 Å². The van der Waals surface area contributed by atoms with Crippen LogP contribution in [0.5, 0.6) is 0 Å². The Morgan fingerprint density at radius 2 is 2.07 bits per heavy atom. The van der Waals surface area contributed by atoms with Crippen molar-refractivity contribution in [2.24, 2.45) is 5.92 Å². The Morgan fingerprint density at radius 3 is 2.86 bits per heavy atom. The summed E-state index contributed by atoms with van der Waals surface area (Å²) in [6.45, 7) is 3.23. The van der Waals surface area contributed by atoms with E-state index < -0.39 is 5.97 Å². The quantitative estimate of drug-likeness (QED) is 0.647. The summed E-state index contributed by atoms with van der Waals surface area (Å²) >= 11 is 1.42. The molecule has 8 nitrogen and oxygen atoms in total. The average Bonchev–Trinajstić information content (AvgIpc) is 3.28. The van der Waals surface area contributed by atoms with Crippen molar-refractivity contribution in [3.8, 4) is 0 Å². The van der Waals surface area contributed by atoms with E-state index in [1.165, 1.54) is 11.3 Å². The summed E-state index contributed by atoms with van der Waals surface area (Å²) in [5, 5.41) is 11.6. The molecular weight excluding hydrogens is 392 g/mol. The molecule has 1 aromatic carbocycles. The number of benzene rings is 1. The van der Waals surface area contributed by atoms with Gasteiger partial charge in [-0.15, -0.1) is 16.4 Å². The molecule has 29 heavy (non-hydrogen) atoms. The fourth-order valence-corrected chi connectivity index (χ4v) is 4.54. The SMILES string of the molecule is CC(C)C(=O)Nc1sc2c(c1C(=O)OCn1nnc3ccccc3c1=O)CCC2. The van der Waals surface area contributed by atoms with E-state index >= 15 is 0 Å². The topological polar surface area (TPSA) is 103 Å². The number of rotatable bonds is 5. The number of nitrogens with one attached hydrogen (secondary N) is 1. The van der Waals surface area contributed by atoms with Gasteiger partial charge in [0, 0.05) is 10.8 Å². The van der Waals surface area contributed by atoms with Crippen LogP contribution in [-0.4, -0.2) is 26.9 Å². The van der Waals surface area contributed by atoms with Gasteiger partial charge in [0.15, 0.2) is 6.73 Å². The van der Waals surface area contributed by atoms with Crippen molar-refractivity contribution >= 4 is 39.1 Å². The number of aryl methyl sites for hydroxylation is 1. The molecule has 0 saturated carbocycles. The molecule has 0 bridgehead atoms. The number of carbonyl (C=O) groups is 2. The maximum atomic E-state index is 12.9. The molecule has 0 fully saturated rings. The van der Waals surface area contributed by atoms with Crippen LogP contribution < -0.4 is 10.9 Å². The second-order valence-electron chi connectivity index (χ2n) is 7.18. The summed E-state index contributed by atoms with van der Waals surface area (Å²) in [6.07, 6.45) is 2.62. The van der Waals surface area contributed by atoms with E-state index in [4.69, 9.17) is 4.74 Å². The molecule has 1 aliphatic rings. The molecule has 2 aromatic heterocycles. The first-order valence-corrected chi connectivity index (χ1v) is 10.2. The monoisotopic (exact) mass is 412 g/mol. The Bertz CT molecular complexity index is 1160. The number of aromatic nitrogens is 3. The van der Waals surface area contributed by atoms with Gasteiger partial charge in [0.05, 0.1) is 10.9 Å². The third-order valence-electron chi connectivity index (χ3n) is 4.83. The average molecular weight is 412 g/mol. The van der Waals surface area contributed by atoms with Crippen molar-refractivity contribution in [1.29, 1.82) is 0 Å². The van der Waals surface area contributed by atoms with Crippen molar-refractivity contribution in [2.75, 3.05) is 5.32 Å². The summed E-state index contributed by atoms with van der Waals surface area (Å²) in [4.78, 5) is 38.6. The van der Waals surface area contributed by atoms with Crippen molar-refractivity contribution in [2.45, 2.75) is 39.8 Å². The van der Waals surface area contributed by atoms with Gasteiger partial charge in [-0.1, -0.05) is 31.2 Å². The molecule has 150 valence electrons. The normalized spacial score (nSPS) is 12.9. The van der Waals surface area contributed by atoms with Gasteiger partial charge in [-0.3, -0.25) is 9.59 Å². The Hall–Kier alpha value is -3.07. The molecule has 9 heteroatoms. The third-order valence-corrected chi connectivity index (χ3v) is 6.04. The number of anilines is 1. The van der Waals surface area contributed by atoms with Crippen LogP contribution in [0.15, 0.2) is 29.1 Å². The van der Waals surface area contributed by atoms with E-state index in [1.54, 1.807) is 38.1 Å². The first-order valence-electron chi connectivity index (χ1n) is 9.40. The number of hydrogen-bond acceptors (Lipinski definition) is 7. The number of thiophene rings is 1. The van der Waals surface area contributed by atoms with E-state index in [0.717, 1.165) is 34.4 Å². The standard InChI is InChI=1S/C20H20N4O4S/c1-11(2)17(25)21-18-16(13-7-5-9-15(13)29-18)20(27)28-10-24-19(26)12-6-3-4-8-14(12)22-23-24/h3-4,6,8,11H,5,7,9-10H2,1-2H3,(H,21,25). The number of carbonyl (C=O) groups excluding carboxylic acids is 2. The first-order chi connectivity index (χ1) is 14.0. The molecule has 2 heterocycles. The van der Waals surface area contributed by atoms with E-state index in [2.05, 4.69) is 15.6 Å².